The topological polar surface area (TPSA) is 70.2 Å². The van der Waals surface area contributed by atoms with Crippen molar-refractivity contribution in [3.8, 4) is 0 Å². The van der Waals surface area contributed by atoms with Gasteiger partial charge in [0.2, 0.25) is 11.9 Å². The predicted molar refractivity (Wildman–Crippen MR) is 103 cm³/mol. The number of aryl methyl sites for hydroxylation is 1. The van der Waals surface area contributed by atoms with Gasteiger partial charge in [0.05, 0.1) is 0 Å². The molecule has 6 heteroatoms. The Balaban J connectivity index is 1.34. The summed E-state index contributed by atoms with van der Waals surface area (Å²) in [6.45, 7) is 3.80. The molecule has 26 heavy (non-hydrogen) atoms. The van der Waals surface area contributed by atoms with Crippen LogP contribution in [-0.2, 0) is 4.79 Å². The largest absolute Gasteiger partial charge is 0.353 e. The molecule has 1 aliphatic heterocycles. The van der Waals surface area contributed by atoms with Crippen LogP contribution in [0.3, 0.4) is 0 Å². The van der Waals surface area contributed by atoms with E-state index in [4.69, 9.17) is 0 Å². The molecule has 1 saturated heterocycles. The van der Waals surface area contributed by atoms with E-state index in [0.29, 0.717) is 0 Å². The van der Waals surface area contributed by atoms with Gasteiger partial charge in [-0.25, -0.2) is 4.98 Å². The molecule has 4 rings (SSSR count). The fourth-order valence-electron chi connectivity index (χ4n) is 3.24. The van der Waals surface area contributed by atoms with Crippen LogP contribution in [0.15, 0.2) is 36.5 Å². The predicted octanol–water partition coefficient (Wildman–Crippen LogP) is 3.02. The van der Waals surface area contributed by atoms with Crippen LogP contribution in [0.1, 0.15) is 31.2 Å². The van der Waals surface area contributed by atoms with E-state index >= 15 is 0 Å². The third kappa shape index (κ3) is 4.12. The Labute approximate surface area is 154 Å². The van der Waals surface area contributed by atoms with Crippen molar-refractivity contribution in [1.29, 1.82) is 0 Å². The fraction of sp³-hybridized carbons (Fsp3) is 0.450. The van der Waals surface area contributed by atoms with E-state index in [-0.39, 0.29) is 17.9 Å². The number of carbonyl (C=O) groups is 1. The van der Waals surface area contributed by atoms with Crippen molar-refractivity contribution in [2.75, 3.05) is 23.3 Å². The third-order valence-corrected chi connectivity index (χ3v) is 5.04. The zero-order valence-corrected chi connectivity index (χ0v) is 15.1. The van der Waals surface area contributed by atoms with E-state index in [1.165, 1.54) is 5.56 Å². The lowest BCUT2D eigenvalue weighted by Crippen LogP contribution is -2.45. The molecule has 0 bridgehead atoms. The quantitative estimate of drug-likeness (QED) is 0.866. The molecule has 2 fully saturated rings. The molecule has 1 aliphatic carbocycles. The van der Waals surface area contributed by atoms with E-state index in [2.05, 4.69) is 44.6 Å². The Morgan fingerprint density at radius 2 is 1.81 bits per heavy atom. The van der Waals surface area contributed by atoms with E-state index in [1.54, 1.807) is 6.20 Å². The van der Waals surface area contributed by atoms with E-state index in [9.17, 15) is 4.79 Å². The molecule has 0 unspecified atom stereocenters. The average Bonchev–Trinajstić information content (AvgIpc) is 3.50. The third-order valence-electron chi connectivity index (χ3n) is 5.04. The number of aromatic nitrogens is 2. The molecule has 2 aromatic rings. The minimum atomic E-state index is 0.240. The van der Waals surface area contributed by atoms with Gasteiger partial charge in [-0.15, -0.1) is 0 Å². The molecule has 0 radical (unpaired) electrons. The minimum absolute atomic E-state index is 0.240. The molecule has 0 atom stereocenters. The second-order valence-corrected chi connectivity index (χ2v) is 7.28. The summed E-state index contributed by atoms with van der Waals surface area (Å²) in [6, 6.07) is 10.4. The highest BCUT2D eigenvalue weighted by Gasteiger charge is 2.32. The van der Waals surface area contributed by atoms with Crippen LogP contribution in [0, 0.1) is 12.8 Å². The SMILES string of the molecule is Cc1ccc(Nc2ccnc(N3CCC(NC(=O)C4CC4)CC3)n2)cc1. The lowest BCUT2D eigenvalue weighted by molar-refractivity contribution is -0.123. The minimum Gasteiger partial charge on any atom is -0.353 e. The van der Waals surface area contributed by atoms with Gasteiger partial charge in [-0.05, 0) is 50.8 Å². The number of rotatable bonds is 5. The molecular weight excluding hydrogens is 326 g/mol. The van der Waals surface area contributed by atoms with Crippen LogP contribution < -0.4 is 15.5 Å². The Hall–Kier alpha value is -2.63. The number of piperidine rings is 1. The van der Waals surface area contributed by atoms with E-state index < -0.39 is 0 Å². The maximum Gasteiger partial charge on any atom is 0.227 e. The number of anilines is 3. The second kappa shape index (κ2) is 7.32. The first-order chi connectivity index (χ1) is 12.7. The Morgan fingerprint density at radius 3 is 2.50 bits per heavy atom. The van der Waals surface area contributed by atoms with Gasteiger partial charge in [-0.3, -0.25) is 4.79 Å². The van der Waals surface area contributed by atoms with Gasteiger partial charge in [-0.1, -0.05) is 17.7 Å². The number of carbonyl (C=O) groups excluding carboxylic acids is 1. The van der Waals surface area contributed by atoms with Crippen molar-refractivity contribution in [3.05, 3.63) is 42.1 Å². The van der Waals surface area contributed by atoms with Crippen LogP contribution in [0.2, 0.25) is 0 Å². The molecule has 2 aliphatic rings. The molecular formula is C20H25N5O. The van der Waals surface area contributed by atoms with Gasteiger partial charge in [0, 0.05) is 36.9 Å². The molecule has 1 amide bonds. The number of hydrogen-bond donors (Lipinski definition) is 2. The van der Waals surface area contributed by atoms with Crippen LogP contribution in [0.5, 0.6) is 0 Å². The lowest BCUT2D eigenvalue weighted by atomic mass is 10.1. The standard InChI is InChI=1S/C20H25N5O/c1-14-2-6-16(7-3-14)22-18-8-11-21-20(24-18)25-12-9-17(10-13-25)23-19(26)15-4-5-15/h2-3,6-8,11,15,17H,4-5,9-10,12-13H2,1H3,(H,23,26)(H,21,22,24). The summed E-state index contributed by atoms with van der Waals surface area (Å²) in [5.41, 5.74) is 2.25. The zero-order chi connectivity index (χ0) is 17.9. The zero-order valence-electron chi connectivity index (χ0n) is 15.1. The van der Waals surface area contributed by atoms with Gasteiger partial charge in [0.1, 0.15) is 5.82 Å². The van der Waals surface area contributed by atoms with E-state index in [0.717, 1.165) is 56.2 Å². The summed E-state index contributed by atoms with van der Waals surface area (Å²) in [5, 5.41) is 6.51. The van der Waals surface area contributed by atoms with Crippen molar-refractivity contribution in [2.24, 2.45) is 5.92 Å². The molecule has 1 aromatic heterocycles. The summed E-state index contributed by atoms with van der Waals surface area (Å²) in [5.74, 6) is 2.06. The summed E-state index contributed by atoms with van der Waals surface area (Å²) in [7, 11) is 0. The first-order valence-electron chi connectivity index (χ1n) is 9.39. The molecule has 1 aromatic carbocycles. The Morgan fingerprint density at radius 1 is 1.08 bits per heavy atom. The van der Waals surface area contributed by atoms with Gasteiger partial charge in [0.25, 0.3) is 0 Å². The number of hydrogen-bond acceptors (Lipinski definition) is 5. The Bertz CT molecular complexity index is 764. The van der Waals surface area contributed by atoms with Gasteiger partial charge >= 0.3 is 0 Å². The average molecular weight is 351 g/mol. The van der Waals surface area contributed by atoms with Gasteiger partial charge < -0.3 is 15.5 Å². The Kier molecular flexibility index (Phi) is 4.73. The molecule has 2 heterocycles. The van der Waals surface area contributed by atoms with Crippen molar-refractivity contribution in [2.45, 2.75) is 38.6 Å². The summed E-state index contributed by atoms with van der Waals surface area (Å²) < 4.78 is 0. The van der Waals surface area contributed by atoms with Crippen molar-refractivity contribution in [3.63, 3.8) is 0 Å². The maximum atomic E-state index is 11.9. The molecule has 6 nitrogen and oxygen atoms in total. The monoisotopic (exact) mass is 351 g/mol. The first-order valence-corrected chi connectivity index (χ1v) is 9.39. The van der Waals surface area contributed by atoms with Crippen molar-refractivity contribution >= 4 is 23.4 Å². The summed E-state index contributed by atoms with van der Waals surface area (Å²) >= 11 is 0. The molecule has 1 saturated carbocycles. The first kappa shape index (κ1) is 16.8. The lowest BCUT2D eigenvalue weighted by Gasteiger charge is -2.32. The van der Waals surface area contributed by atoms with Gasteiger partial charge in [-0.2, -0.15) is 4.98 Å². The fourth-order valence-corrected chi connectivity index (χ4v) is 3.24. The maximum absolute atomic E-state index is 11.9. The molecule has 2 N–H and O–H groups in total. The number of amides is 1. The van der Waals surface area contributed by atoms with Crippen LogP contribution >= 0.6 is 0 Å². The highest BCUT2D eigenvalue weighted by molar-refractivity contribution is 5.81. The summed E-state index contributed by atoms with van der Waals surface area (Å²) in [4.78, 5) is 23.2. The molecule has 136 valence electrons. The number of benzene rings is 1. The van der Waals surface area contributed by atoms with E-state index in [1.807, 2.05) is 18.2 Å². The second-order valence-electron chi connectivity index (χ2n) is 7.28. The number of nitrogens with one attached hydrogen (secondary N) is 2. The van der Waals surface area contributed by atoms with Crippen molar-refractivity contribution < 1.29 is 4.79 Å². The highest BCUT2D eigenvalue weighted by Crippen LogP contribution is 2.29. The van der Waals surface area contributed by atoms with Crippen LogP contribution in [0.25, 0.3) is 0 Å². The smallest absolute Gasteiger partial charge is 0.227 e. The molecule has 0 spiro atoms. The van der Waals surface area contributed by atoms with Crippen molar-refractivity contribution in [1.82, 2.24) is 15.3 Å². The highest BCUT2D eigenvalue weighted by atomic mass is 16.2. The number of nitrogens with zero attached hydrogens (tertiary/aromatic N) is 3. The van der Waals surface area contributed by atoms with Crippen LogP contribution in [0.4, 0.5) is 17.5 Å². The van der Waals surface area contributed by atoms with Crippen LogP contribution in [-0.4, -0.2) is 35.0 Å². The normalized spacial score (nSPS) is 17.8. The summed E-state index contributed by atoms with van der Waals surface area (Å²) in [6.07, 6.45) is 5.78. The van der Waals surface area contributed by atoms with Gasteiger partial charge in [0.15, 0.2) is 0 Å².